The van der Waals surface area contributed by atoms with Gasteiger partial charge in [-0.3, -0.25) is 0 Å². The van der Waals surface area contributed by atoms with Crippen LogP contribution in [-0.4, -0.2) is 22.9 Å². The minimum atomic E-state index is -0.215. The maximum Gasteiger partial charge on any atom is 0.123 e. The number of aromatic nitrogens is 2. The van der Waals surface area contributed by atoms with E-state index in [0.29, 0.717) is 11.8 Å². The van der Waals surface area contributed by atoms with Gasteiger partial charge < -0.3 is 5.32 Å². The molecule has 3 rings (SSSR count). The molecule has 100 valence electrons. The first-order valence-corrected chi connectivity index (χ1v) is 6.76. The zero-order chi connectivity index (χ0) is 13.2. The molecule has 2 atom stereocenters. The quantitative estimate of drug-likeness (QED) is 0.898. The molecule has 2 unspecified atom stereocenters. The average Bonchev–Trinajstić information content (AvgIpc) is 2.89. The molecular formula is C15H18FN3. The first kappa shape index (κ1) is 12.4. The molecule has 0 aliphatic carbocycles. The van der Waals surface area contributed by atoms with Crippen LogP contribution >= 0.6 is 0 Å². The molecule has 4 heteroatoms. The molecule has 2 heterocycles. The van der Waals surface area contributed by atoms with Crippen molar-refractivity contribution in [1.82, 2.24) is 15.1 Å². The molecule has 2 aromatic rings. The number of rotatable bonds is 2. The number of halogens is 1. The van der Waals surface area contributed by atoms with Crippen molar-refractivity contribution in [3.8, 4) is 5.69 Å². The predicted octanol–water partition coefficient (Wildman–Crippen LogP) is 2.72. The minimum absolute atomic E-state index is 0.215. The van der Waals surface area contributed by atoms with E-state index >= 15 is 0 Å². The average molecular weight is 259 g/mol. The minimum Gasteiger partial charge on any atom is -0.316 e. The third-order valence-corrected chi connectivity index (χ3v) is 3.91. The standard InChI is InChI=1S/C15H18FN3/c1-11-10-17-8-6-14(11)15-7-9-18-19(15)13-4-2-12(16)3-5-13/h2-5,7,9,11,14,17H,6,8,10H2,1H3. The lowest BCUT2D eigenvalue weighted by Crippen LogP contribution is -2.34. The highest BCUT2D eigenvalue weighted by Crippen LogP contribution is 2.31. The fourth-order valence-electron chi connectivity index (χ4n) is 2.85. The molecule has 0 radical (unpaired) electrons. The number of benzene rings is 1. The molecule has 19 heavy (non-hydrogen) atoms. The smallest absolute Gasteiger partial charge is 0.123 e. The van der Waals surface area contributed by atoms with Crippen LogP contribution in [0.25, 0.3) is 5.69 Å². The topological polar surface area (TPSA) is 29.9 Å². The van der Waals surface area contributed by atoms with Crippen molar-refractivity contribution < 1.29 is 4.39 Å². The van der Waals surface area contributed by atoms with Crippen LogP contribution in [0, 0.1) is 11.7 Å². The van der Waals surface area contributed by atoms with Gasteiger partial charge in [-0.15, -0.1) is 0 Å². The van der Waals surface area contributed by atoms with Crippen LogP contribution in [0.5, 0.6) is 0 Å². The summed E-state index contributed by atoms with van der Waals surface area (Å²) in [7, 11) is 0. The summed E-state index contributed by atoms with van der Waals surface area (Å²) >= 11 is 0. The summed E-state index contributed by atoms with van der Waals surface area (Å²) in [6.07, 6.45) is 2.95. The largest absolute Gasteiger partial charge is 0.316 e. The highest BCUT2D eigenvalue weighted by molar-refractivity contribution is 5.34. The third-order valence-electron chi connectivity index (χ3n) is 3.91. The highest BCUT2D eigenvalue weighted by atomic mass is 19.1. The van der Waals surface area contributed by atoms with E-state index in [-0.39, 0.29) is 5.82 Å². The molecule has 0 bridgehead atoms. The van der Waals surface area contributed by atoms with Crippen LogP contribution in [-0.2, 0) is 0 Å². The summed E-state index contributed by atoms with van der Waals surface area (Å²) in [4.78, 5) is 0. The van der Waals surface area contributed by atoms with Crippen LogP contribution in [0.4, 0.5) is 4.39 Å². The maximum absolute atomic E-state index is 13.0. The Morgan fingerprint density at radius 3 is 2.79 bits per heavy atom. The zero-order valence-corrected chi connectivity index (χ0v) is 11.0. The molecular weight excluding hydrogens is 241 g/mol. The normalized spacial score (nSPS) is 23.5. The molecule has 1 N–H and O–H groups in total. The van der Waals surface area contributed by atoms with E-state index in [2.05, 4.69) is 23.4 Å². The van der Waals surface area contributed by atoms with Crippen LogP contribution < -0.4 is 5.32 Å². The molecule has 1 aromatic carbocycles. The van der Waals surface area contributed by atoms with Gasteiger partial charge in [0.05, 0.1) is 5.69 Å². The van der Waals surface area contributed by atoms with Crippen molar-refractivity contribution in [3.63, 3.8) is 0 Å². The van der Waals surface area contributed by atoms with Gasteiger partial charge in [0.15, 0.2) is 0 Å². The summed E-state index contributed by atoms with van der Waals surface area (Å²) in [5.74, 6) is 0.881. The Kier molecular flexibility index (Phi) is 3.34. The predicted molar refractivity (Wildman–Crippen MR) is 72.9 cm³/mol. The lowest BCUT2D eigenvalue weighted by Gasteiger charge is -2.30. The van der Waals surface area contributed by atoms with Crippen molar-refractivity contribution in [2.24, 2.45) is 5.92 Å². The fourth-order valence-corrected chi connectivity index (χ4v) is 2.85. The van der Waals surface area contributed by atoms with Gasteiger partial charge >= 0.3 is 0 Å². The van der Waals surface area contributed by atoms with Crippen molar-refractivity contribution in [2.75, 3.05) is 13.1 Å². The number of piperidine rings is 1. The Bertz CT molecular complexity index is 547. The Hall–Kier alpha value is -1.68. The second kappa shape index (κ2) is 5.13. The summed E-state index contributed by atoms with van der Waals surface area (Å²) in [5.41, 5.74) is 2.15. The summed E-state index contributed by atoms with van der Waals surface area (Å²) in [6, 6.07) is 8.59. The monoisotopic (exact) mass is 259 g/mol. The van der Waals surface area contributed by atoms with E-state index in [1.165, 1.54) is 17.8 Å². The molecule has 1 saturated heterocycles. The SMILES string of the molecule is CC1CNCCC1c1ccnn1-c1ccc(F)cc1. The second-order valence-electron chi connectivity index (χ2n) is 5.22. The Labute approximate surface area is 112 Å². The lowest BCUT2D eigenvalue weighted by molar-refractivity contribution is 0.339. The Balaban J connectivity index is 1.95. The molecule has 1 fully saturated rings. The first-order valence-electron chi connectivity index (χ1n) is 6.76. The van der Waals surface area contributed by atoms with E-state index in [1.54, 1.807) is 12.1 Å². The van der Waals surface area contributed by atoms with Crippen molar-refractivity contribution in [1.29, 1.82) is 0 Å². The van der Waals surface area contributed by atoms with E-state index in [4.69, 9.17) is 0 Å². The maximum atomic E-state index is 13.0. The van der Waals surface area contributed by atoms with Crippen LogP contribution in [0.3, 0.4) is 0 Å². The Morgan fingerprint density at radius 2 is 2.05 bits per heavy atom. The summed E-state index contributed by atoms with van der Waals surface area (Å²) < 4.78 is 14.9. The van der Waals surface area contributed by atoms with E-state index in [9.17, 15) is 4.39 Å². The summed E-state index contributed by atoms with van der Waals surface area (Å²) in [5, 5.41) is 7.81. The van der Waals surface area contributed by atoms with Gasteiger partial charge in [0.2, 0.25) is 0 Å². The van der Waals surface area contributed by atoms with Crippen molar-refractivity contribution in [2.45, 2.75) is 19.3 Å². The molecule has 0 saturated carbocycles. The molecule has 1 aliphatic heterocycles. The van der Waals surface area contributed by atoms with E-state index in [1.807, 2.05) is 10.9 Å². The van der Waals surface area contributed by atoms with E-state index in [0.717, 1.165) is 25.2 Å². The fraction of sp³-hybridized carbons (Fsp3) is 0.400. The van der Waals surface area contributed by atoms with Crippen molar-refractivity contribution in [3.05, 3.63) is 48.0 Å². The molecule has 0 amide bonds. The van der Waals surface area contributed by atoms with Gasteiger partial charge in [0, 0.05) is 17.8 Å². The van der Waals surface area contributed by atoms with Gasteiger partial charge in [-0.1, -0.05) is 6.92 Å². The van der Waals surface area contributed by atoms with Gasteiger partial charge in [-0.25, -0.2) is 9.07 Å². The number of hydrogen-bond acceptors (Lipinski definition) is 2. The highest BCUT2D eigenvalue weighted by Gasteiger charge is 2.25. The van der Waals surface area contributed by atoms with E-state index < -0.39 is 0 Å². The summed E-state index contributed by atoms with van der Waals surface area (Å²) in [6.45, 7) is 4.35. The van der Waals surface area contributed by atoms with Crippen molar-refractivity contribution >= 4 is 0 Å². The molecule has 3 nitrogen and oxygen atoms in total. The van der Waals surface area contributed by atoms with Crippen LogP contribution in [0.15, 0.2) is 36.5 Å². The number of nitrogens with zero attached hydrogens (tertiary/aromatic N) is 2. The van der Waals surface area contributed by atoms with Gasteiger partial charge in [-0.05, 0) is 55.8 Å². The molecule has 0 spiro atoms. The molecule has 1 aromatic heterocycles. The van der Waals surface area contributed by atoms with Gasteiger partial charge in [0.25, 0.3) is 0 Å². The second-order valence-corrected chi connectivity index (χ2v) is 5.22. The van der Waals surface area contributed by atoms with Gasteiger partial charge in [-0.2, -0.15) is 5.10 Å². The molecule has 1 aliphatic rings. The Morgan fingerprint density at radius 1 is 1.26 bits per heavy atom. The zero-order valence-electron chi connectivity index (χ0n) is 11.0. The lowest BCUT2D eigenvalue weighted by atomic mass is 9.85. The van der Waals surface area contributed by atoms with Gasteiger partial charge in [0.1, 0.15) is 5.82 Å². The van der Waals surface area contributed by atoms with Crippen LogP contribution in [0.2, 0.25) is 0 Å². The number of hydrogen-bond donors (Lipinski definition) is 1. The third kappa shape index (κ3) is 2.40. The van der Waals surface area contributed by atoms with Crippen LogP contribution in [0.1, 0.15) is 25.0 Å². The number of nitrogens with one attached hydrogen (secondary N) is 1. The first-order chi connectivity index (χ1) is 9.25.